The smallest absolute Gasteiger partial charge is 0.246 e. The molecule has 1 amide bonds. The van der Waals surface area contributed by atoms with Gasteiger partial charge in [0.1, 0.15) is 0 Å². The molecule has 116 valence electrons. The van der Waals surface area contributed by atoms with Crippen molar-refractivity contribution in [2.45, 2.75) is 13.3 Å². The monoisotopic (exact) mass is 303 g/mol. The van der Waals surface area contributed by atoms with Crippen molar-refractivity contribution in [3.63, 3.8) is 0 Å². The van der Waals surface area contributed by atoms with Crippen LogP contribution in [0.4, 0.5) is 0 Å². The van der Waals surface area contributed by atoms with E-state index in [2.05, 4.69) is 49.4 Å². The fourth-order valence-electron chi connectivity index (χ4n) is 2.73. The summed E-state index contributed by atoms with van der Waals surface area (Å²) in [7, 11) is 0. The molecule has 0 saturated carbocycles. The molecule has 0 spiro atoms. The van der Waals surface area contributed by atoms with Gasteiger partial charge in [-0.1, -0.05) is 66.2 Å². The van der Waals surface area contributed by atoms with E-state index in [0.717, 1.165) is 18.5 Å². The van der Waals surface area contributed by atoms with Gasteiger partial charge in [0.05, 0.1) is 0 Å². The Morgan fingerprint density at radius 2 is 1.78 bits per heavy atom. The SMILES string of the molecule is Cc1ccc(C=CC(=O)N2CC=C(c3ccccc3)CC2)cc1. The number of carbonyl (C=O) groups is 1. The van der Waals surface area contributed by atoms with Gasteiger partial charge in [-0.2, -0.15) is 0 Å². The minimum atomic E-state index is 0.0777. The zero-order valence-corrected chi connectivity index (χ0v) is 13.4. The van der Waals surface area contributed by atoms with Gasteiger partial charge >= 0.3 is 0 Å². The second-order valence-electron chi connectivity index (χ2n) is 5.87. The summed E-state index contributed by atoms with van der Waals surface area (Å²) in [6.45, 7) is 3.52. The molecule has 0 bridgehead atoms. The fourth-order valence-corrected chi connectivity index (χ4v) is 2.73. The lowest BCUT2D eigenvalue weighted by molar-refractivity contribution is -0.125. The van der Waals surface area contributed by atoms with Crippen LogP contribution in [0, 0.1) is 6.92 Å². The van der Waals surface area contributed by atoms with Gasteiger partial charge in [0, 0.05) is 19.2 Å². The number of nitrogens with zero attached hydrogens (tertiary/aromatic N) is 1. The van der Waals surface area contributed by atoms with Crippen molar-refractivity contribution in [3.8, 4) is 0 Å². The summed E-state index contributed by atoms with van der Waals surface area (Å²) >= 11 is 0. The second kappa shape index (κ2) is 7.10. The van der Waals surface area contributed by atoms with Gasteiger partial charge in [-0.25, -0.2) is 0 Å². The Bertz CT molecular complexity index is 726. The molecule has 1 aliphatic heterocycles. The van der Waals surface area contributed by atoms with E-state index in [4.69, 9.17) is 0 Å². The highest BCUT2D eigenvalue weighted by atomic mass is 16.2. The van der Waals surface area contributed by atoms with Gasteiger partial charge in [-0.3, -0.25) is 4.79 Å². The van der Waals surface area contributed by atoms with Crippen LogP contribution in [-0.2, 0) is 4.79 Å². The van der Waals surface area contributed by atoms with Crippen LogP contribution in [0.3, 0.4) is 0 Å². The van der Waals surface area contributed by atoms with Crippen molar-refractivity contribution in [2.24, 2.45) is 0 Å². The van der Waals surface area contributed by atoms with E-state index < -0.39 is 0 Å². The minimum absolute atomic E-state index is 0.0777. The van der Waals surface area contributed by atoms with Gasteiger partial charge in [-0.15, -0.1) is 0 Å². The second-order valence-corrected chi connectivity index (χ2v) is 5.87. The molecular weight excluding hydrogens is 282 g/mol. The molecule has 0 aromatic heterocycles. The van der Waals surface area contributed by atoms with Crippen LogP contribution in [0.5, 0.6) is 0 Å². The maximum Gasteiger partial charge on any atom is 0.246 e. The topological polar surface area (TPSA) is 20.3 Å². The first-order valence-corrected chi connectivity index (χ1v) is 8.00. The molecule has 2 nitrogen and oxygen atoms in total. The molecule has 0 saturated heterocycles. The Hall–Kier alpha value is -2.61. The normalized spacial score (nSPS) is 14.8. The highest BCUT2D eigenvalue weighted by Gasteiger charge is 2.15. The maximum absolute atomic E-state index is 12.3. The van der Waals surface area contributed by atoms with E-state index in [1.54, 1.807) is 6.08 Å². The van der Waals surface area contributed by atoms with E-state index in [-0.39, 0.29) is 5.91 Å². The summed E-state index contributed by atoms with van der Waals surface area (Å²) in [5.74, 6) is 0.0777. The number of benzene rings is 2. The standard InChI is InChI=1S/C21H21NO/c1-17-7-9-18(10-8-17)11-12-21(23)22-15-13-20(14-16-22)19-5-3-2-4-6-19/h2-13H,14-16H2,1H3. The fraction of sp³-hybridized carbons (Fsp3) is 0.190. The van der Waals surface area contributed by atoms with Gasteiger partial charge in [-0.05, 0) is 36.1 Å². The number of hydrogen-bond donors (Lipinski definition) is 0. The number of rotatable bonds is 3. The van der Waals surface area contributed by atoms with E-state index in [0.29, 0.717) is 6.54 Å². The first-order valence-electron chi connectivity index (χ1n) is 8.00. The molecule has 0 N–H and O–H groups in total. The van der Waals surface area contributed by atoms with Gasteiger partial charge < -0.3 is 4.90 Å². The van der Waals surface area contributed by atoms with Crippen molar-refractivity contribution in [1.82, 2.24) is 4.90 Å². The quantitative estimate of drug-likeness (QED) is 0.773. The van der Waals surface area contributed by atoms with Crippen LogP contribution in [0.1, 0.15) is 23.1 Å². The average molecular weight is 303 g/mol. The third-order valence-corrected chi connectivity index (χ3v) is 4.16. The van der Waals surface area contributed by atoms with Crippen molar-refractivity contribution in [3.05, 3.63) is 83.4 Å². The molecule has 2 aromatic rings. The maximum atomic E-state index is 12.3. The molecular formula is C21H21NO. The zero-order chi connectivity index (χ0) is 16.1. The molecule has 1 aliphatic rings. The Kier molecular flexibility index (Phi) is 4.72. The molecule has 2 heteroatoms. The number of carbonyl (C=O) groups excluding carboxylic acids is 1. The molecule has 0 radical (unpaired) electrons. The summed E-state index contributed by atoms with van der Waals surface area (Å²) in [5, 5.41) is 0. The predicted molar refractivity (Wildman–Crippen MR) is 95.8 cm³/mol. The highest BCUT2D eigenvalue weighted by Crippen LogP contribution is 2.22. The molecule has 1 heterocycles. The van der Waals surface area contributed by atoms with E-state index >= 15 is 0 Å². The summed E-state index contributed by atoms with van der Waals surface area (Å²) in [6.07, 6.45) is 6.63. The van der Waals surface area contributed by atoms with Crippen LogP contribution in [0.2, 0.25) is 0 Å². The third-order valence-electron chi connectivity index (χ3n) is 4.16. The van der Waals surface area contributed by atoms with Gasteiger partial charge in [0.25, 0.3) is 0 Å². The van der Waals surface area contributed by atoms with Crippen molar-refractivity contribution >= 4 is 17.6 Å². The van der Waals surface area contributed by atoms with Crippen LogP contribution >= 0.6 is 0 Å². The Morgan fingerprint density at radius 1 is 1.04 bits per heavy atom. The lowest BCUT2D eigenvalue weighted by Crippen LogP contribution is -2.33. The molecule has 0 unspecified atom stereocenters. The van der Waals surface area contributed by atoms with Gasteiger partial charge in [0.15, 0.2) is 0 Å². The third kappa shape index (κ3) is 3.98. The largest absolute Gasteiger partial charge is 0.335 e. The van der Waals surface area contributed by atoms with Crippen molar-refractivity contribution < 1.29 is 4.79 Å². The molecule has 0 atom stereocenters. The zero-order valence-electron chi connectivity index (χ0n) is 13.4. The predicted octanol–water partition coefficient (Wildman–Crippen LogP) is 4.32. The van der Waals surface area contributed by atoms with E-state index in [9.17, 15) is 4.79 Å². The highest BCUT2D eigenvalue weighted by molar-refractivity contribution is 5.92. The first-order chi connectivity index (χ1) is 11.2. The van der Waals surface area contributed by atoms with Crippen LogP contribution in [0.15, 0.2) is 66.7 Å². The summed E-state index contributed by atoms with van der Waals surface area (Å²) in [6, 6.07) is 18.6. The van der Waals surface area contributed by atoms with Gasteiger partial charge in [0.2, 0.25) is 5.91 Å². The van der Waals surface area contributed by atoms with Crippen molar-refractivity contribution in [2.75, 3.05) is 13.1 Å². The lowest BCUT2D eigenvalue weighted by atomic mass is 9.99. The van der Waals surface area contributed by atoms with Crippen LogP contribution < -0.4 is 0 Å². The molecule has 23 heavy (non-hydrogen) atoms. The summed E-state index contributed by atoms with van der Waals surface area (Å²) in [4.78, 5) is 14.2. The Morgan fingerprint density at radius 3 is 2.43 bits per heavy atom. The lowest BCUT2D eigenvalue weighted by Gasteiger charge is -2.25. The van der Waals surface area contributed by atoms with Crippen LogP contribution in [-0.4, -0.2) is 23.9 Å². The molecule has 0 aliphatic carbocycles. The summed E-state index contributed by atoms with van der Waals surface area (Å²) < 4.78 is 0. The number of aryl methyl sites for hydroxylation is 1. The van der Waals surface area contributed by atoms with Crippen molar-refractivity contribution in [1.29, 1.82) is 0 Å². The average Bonchev–Trinajstić information content (AvgIpc) is 2.62. The summed E-state index contributed by atoms with van der Waals surface area (Å²) in [5.41, 5.74) is 4.87. The van der Waals surface area contributed by atoms with E-state index in [1.807, 2.05) is 29.2 Å². The van der Waals surface area contributed by atoms with E-state index in [1.165, 1.54) is 16.7 Å². The first kappa shape index (κ1) is 15.3. The Balaban J connectivity index is 1.62. The number of hydrogen-bond acceptors (Lipinski definition) is 1. The number of amides is 1. The minimum Gasteiger partial charge on any atom is -0.335 e. The molecule has 2 aromatic carbocycles. The molecule has 0 fully saturated rings. The molecule has 3 rings (SSSR count). The van der Waals surface area contributed by atoms with Crippen LogP contribution in [0.25, 0.3) is 11.6 Å². The Labute approximate surface area is 137 Å².